The minimum atomic E-state index is 0.605. The Labute approximate surface area is 137 Å². The van der Waals surface area contributed by atoms with Crippen LogP contribution < -0.4 is 5.43 Å². The molecule has 0 saturated carbocycles. The smallest absolute Gasteiger partial charge is 0.168 e. The molecule has 1 N–H and O–H groups in total. The van der Waals surface area contributed by atoms with Gasteiger partial charge in [-0.25, -0.2) is 0 Å². The van der Waals surface area contributed by atoms with E-state index < -0.39 is 0 Å². The van der Waals surface area contributed by atoms with Crippen LogP contribution in [0.15, 0.2) is 76.3 Å². The van der Waals surface area contributed by atoms with Crippen molar-refractivity contribution in [3.63, 3.8) is 0 Å². The van der Waals surface area contributed by atoms with Crippen LogP contribution in [0.2, 0.25) is 0 Å². The molecule has 0 aliphatic carbocycles. The number of aromatic nitrogens is 2. The second kappa shape index (κ2) is 6.95. The average molecular weight is 353 g/mol. The molecule has 0 aliphatic heterocycles. The summed E-state index contributed by atoms with van der Waals surface area (Å²) in [5.41, 5.74) is 5.75. The maximum Gasteiger partial charge on any atom is 0.168 e. The van der Waals surface area contributed by atoms with Gasteiger partial charge >= 0.3 is 0 Å². The summed E-state index contributed by atoms with van der Waals surface area (Å²) >= 11 is 3.40. The molecule has 0 amide bonds. The lowest BCUT2D eigenvalue weighted by Crippen LogP contribution is -1.96. The lowest BCUT2D eigenvalue weighted by molar-refractivity contribution is 1.03. The fourth-order valence-electron chi connectivity index (χ4n) is 1.88. The van der Waals surface area contributed by atoms with Gasteiger partial charge in [0.1, 0.15) is 0 Å². The van der Waals surface area contributed by atoms with E-state index in [0.29, 0.717) is 5.82 Å². The first-order valence-corrected chi connectivity index (χ1v) is 7.54. The number of hydrazone groups is 1. The van der Waals surface area contributed by atoms with E-state index >= 15 is 0 Å². The molecule has 4 nitrogen and oxygen atoms in total. The topological polar surface area (TPSA) is 50.2 Å². The van der Waals surface area contributed by atoms with E-state index in [-0.39, 0.29) is 0 Å². The molecule has 0 bridgehead atoms. The van der Waals surface area contributed by atoms with Gasteiger partial charge in [0.2, 0.25) is 0 Å². The van der Waals surface area contributed by atoms with Crippen molar-refractivity contribution >= 4 is 28.0 Å². The summed E-state index contributed by atoms with van der Waals surface area (Å²) in [6.07, 6.45) is 1.74. The van der Waals surface area contributed by atoms with Gasteiger partial charge in [-0.3, -0.25) is 5.43 Å². The number of hydrogen-bond donors (Lipinski definition) is 1. The highest BCUT2D eigenvalue weighted by Crippen LogP contribution is 2.16. The third-order valence-electron chi connectivity index (χ3n) is 3.00. The van der Waals surface area contributed by atoms with Crippen LogP contribution in [0.3, 0.4) is 0 Å². The zero-order chi connectivity index (χ0) is 15.2. The monoisotopic (exact) mass is 352 g/mol. The molecule has 22 heavy (non-hydrogen) atoms. The van der Waals surface area contributed by atoms with Crippen LogP contribution in [0, 0.1) is 0 Å². The van der Waals surface area contributed by atoms with Crippen molar-refractivity contribution in [3.05, 3.63) is 76.8 Å². The van der Waals surface area contributed by atoms with Crippen molar-refractivity contribution < 1.29 is 0 Å². The second-order valence-electron chi connectivity index (χ2n) is 4.59. The molecule has 5 heteroatoms. The first-order chi connectivity index (χ1) is 10.8. The largest absolute Gasteiger partial charge is 0.260 e. The van der Waals surface area contributed by atoms with Gasteiger partial charge in [0.05, 0.1) is 11.9 Å². The summed E-state index contributed by atoms with van der Waals surface area (Å²) in [4.78, 5) is 0. The molecule has 0 unspecified atom stereocenters. The van der Waals surface area contributed by atoms with Crippen LogP contribution in [0.4, 0.5) is 5.82 Å². The number of rotatable bonds is 4. The standard InChI is InChI=1S/C17H13BrN4/c18-15-8-6-13(7-9-15)12-19-21-17-11-10-16(20-22-17)14-4-2-1-3-5-14/h1-12H,(H,21,22)/b19-12-. The highest BCUT2D eigenvalue weighted by atomic mass is 79.9. The predicted octanol–water partition coefficient (Wildman–Crippen LogP) is 4.35. The first-order valence-electron chi connectivity index (χ1n) is 6.75. The Bertz CT molecular complexity index is 753. The maximum atomic E-state index is 4.19. The molecule has 3 rings (SSSR count). The molecule has 0 radical (unpaired) electrons. The van der Waals surface area contributed by atoms with Crippen LogP contribution in [0.25, 0.3) is 11.3 Å². The number of nitrogens with zero attached hydrogens (tertiary/aromatic N) is 3. The second-order valence-corrected chi connectivity index (χ2v) is 5.51. The molecular weight excluding hydrogens is 340 g/mol. The summed E-state index contributed by atoms with van der Waals surface area (Å²) in [6.45, 7) is 0. The van der Waals surface area contributed by atoms with Crippen molar-refractivity contribution in [2.75, 3.05) is 5.43 Å². The predicted molar refractivity (Wildman–Crippen MR) is 92.8 cm³/mol. The van der Waals surface area contributed by atoms with E-state index in [4.69, 9.17) is 0 Å². The zero-order valence-electron chi connectivity index (χ0n) is 11.6. The van der Waals surface area contributed by atoms with E-state index in [0.717, 1.165) is 21.3 Å². The maximum absolute atomic E-state index is 4.19. The summed E-state index contributed by atoms with van der Waals surface area (Å²) < 4.78 is 1.04. The molecule has 2 aromatic carbocycles. The molecule has 1 aromatic heterocycles. The highest BCUT2D eigenvalue weighted by molar-refractivity contribution is 9.10. The quantitative estimate of drug-likeness (QED) is 0.560. The number of benzene rings is 2. The van der Waals surface area contributed by atoms with E-state index in [1.807, 2.05) is 66.7 Å². The van der Waals surface area contributed by atoms with Crippen molar-refractivity contribution in [2.24, 2.45) is 5.10 Å². The van der Waals surface area contributed by atoms with E-state index in [1.165, 1.54) is 0 Å². The number of nitrogens with one attached hydrogen (secondary N) is 1. The minimum Gasteiger partial charge on any atom is -0.260 e. The van der Waals surface area contributed by atoms with Gasteiger partial charge in [-0.05, 0) is 29.8 Å². The number of anilines is 1. The Hall–Kier alpha value is -2.53. The Morgan fingerprint density at radius 3 is 2.32 bits per heavy atom. The van der Waals surface area contributed by atoms with E-state index in [9.17, 15) is 0 Å². The molecule has 0 fully saturated rings. The molecule has 0 saturated heterocycles. The van der Waals surface area contributed by atoms with Crippen molar-refractivity contribution in [1.29, 1.82) is 0 Å². The minimum absolute atomic E-state index is 0.605. The van der Waals surface area contributed by atoms with Gasteiger partial charge < -0.3 is 0 Å². The average Bonchev–Trinajstić information content (AvgIpc) is 2.58. The van der Waals surface area contributed by atoms with Gasteiger partial charge in [0.25, 0.3) is 0 Å². The molecule has 0 spiro atoms. The third-order valence-corrected chi connectivity index (χ3v) is 3.53. The summed E-state index contributed by atoms with van der Waals surface area (Å²) in [6, 6.07) is 21.6. The number of halogens is 1. The summed E-state index contributed by atoms with van der Waals surface area (Å²) in [5.74, 6) is 0.605. The molecule has 0 aliphatic rings. The van der Waals surface area contributed by atoms with Gasteiger partial charge in [0.15, 0.2) is 5.82 Å². The molecule has 108 valence electrons. The summed E-state index contributed by atoms with van der Waals surface area (Å²) in [7, 11) is 0. The fraction of sp³-hybridized carbons (Fsp3) is 0. The van der Waals surface area contributed by atoms with E-state index in [2.05, 4.69) is 36.7 Å². The lowest BCUT2D eigenvalue weighted by Gasteiger charge is -2.01. The molecular formula is C17H13BrN4. The van der Waals surface area contributed by atoms with Crippen molar-refractivity contribution in [3.8, 4) is 11.3 Å². The molecule has 3 aromatic rings. The Morgan fingerprint density at radius 2 is 1.64 bits per heavy atom. The van der Waals surface area contributed by atoms with Gasteiger partial charge in [0, 0.05) is 10.0 Å². The van der Waals surface area contributed by atoms with Gasteiger partial charge in [-0.2, -0.15) is 5.10 Å². The molecule has 1 heterocycles. The fourth-order valence-corrected chi connectivity index (χ4v) is 2.14. The van der Waals surface area contributed by atoms with Gasteiger partial charge in [-0.15, -0.1) is 10.2 Å². The van der Waals surface area contributed by atoms with Gasteiger partial charge in [-0.1, -0.05) is 58.4 Å². The highest BCUT2D eigenvalue weighted by Gasteiger charge is 1.99. The van der Waals surface area contributed by atoms with Crippen LogP contribution >= 0.6 is 15.9 Å². The Morgan fingerprint density at radius 1 is 0.864 bits per heavy atom. The SMILES string of the molecule is Brc1ccc(/C=N\Nc2ccc(-c3ccccc3)nn2)cc1. The van der Waals surface area contributed by atoms with Crippen LogP contribution in [0.5, 0.6) is 0 Å². The lowest BCUT2D eigenvalue weighted by atomic mass is 10.1. The Kier molecular flexibility index (Phi) is 4.56. The number of hydrogen-bond acceptors (Lipinski definition) is 4. The third kappa shape index (κ3) is 3.77. The first kappa shape index (κ1) is 14.4. The van der Waals surface area contributed by atoms with Crippen molar-refractivity contribution in [2.45, 2.75) is 0 Å². The van der Waals surface area contributed by atoms with E-state index in [1.54, 1.807) is 6.21 Å². The summed E-state index contributed by atoms with van der Waals surface area (Å²) in [5, 5.41) is 12.5. The Balaban J connectivity index is 1.65. The van der Waals surface area contributed by atoms with Crippen LogP contribution in [-0.2, 0) is 0 Å². The normalized spacial score (nSPS) is 10.8. The molecule has 0 atom stereocenters. The van der Waals surface area contributed by atoms with Crippen LogP contribution in [-0.4, -0.2) is 16.4 Å². The van der Waals surface area contributed by atoms with Crippen molar-refractivity contribution in [1.82, 2.24) is 10.2 Å². The van der Waals surface area contributed by atoms with Crippen LogP contribution in [0.1, 0.15) is 5.56 Å². The zero-order valence-corrected chi connectivity index (χ0v) is 13.2.